The predicted molar refractivity (Wildman–Crippen MR) is 47.2 cm³/mol. The molecule has 0 spiro atoms. The second-order valence-corrected chi connectivity index (χ2v) is 3.02. The van der Waals surface area contributed by atoms with E-state index in [4.69, 9.17) is 0 Å². The van der Waals surface area contributed by atoms with Crippen LogP contribution < -0.4 is 10.0 Å². The largest absolute Gasteiger partial charge is 0.435 e. The highest BCUT2D eigenvalue weighted by Gasteiger charge is 2.04. The quantitative estimate of drug-likeness (QED) is 0.649. The van der Waals surface area contributed by atoms with E-state index < -0.39 is 6.61 Å². The number of halogens is 2. The Morgan fingerprint density at radius 1 is 1.42 bits per heavy atom. The number of rotatable bonds is 2. The highest BCUT2D eigenvalue weighted by Crippen LogP contribution is 2.15. The smallest absolute Gasteiger partial charge is 0.387 e. The van der Waals surface area contributed by atoms with Crippen LogP contribution in [0.25, 0.3) is 0 Å². The molecule has 1 nitrogen and oxygen atoms in total. The Balaban J connectivity index is 2.82. The Kier molecular flexibility index (Phi) is 2.99. The molecule has 1 aromatic carbocycles. The molecule has 0 fully saturated rings. The molecular weight excluding hydrogens is 181 g/mol. The molecule has 0 aromatic heterocycles. The van der Waals surface area contributed by atoms with Crippen LogP contribution in [0.3, 0.4) is 0 Å². The maximum Gasteiger partial charge on any atom is 0.387 e. The highest BCUT2D eigenvalue weighted by molar-refractivity contribution is 7.27. The summed E-state index contributed by atoms with van der Waals surface area (Å²) in [4.78, 5) is 0. The van der Waals surface area contributed by atoms with Gasteiger partial charge in [0.1, 0.15) is 5.75 Å². The fourth-order valence-electron chi connectivity index (χ4n) is 0.824. The summed E-state index contributed by atoms with van der Waals surface area (Å²) in [5.74, 6) is 0.203. The van der Waals surface area contributed by atoms with E-state index in [0.29, 0.717) is 0 Å². The van der Waals surface area contributed by atoms with Gasteiger partial charge in [-0.2, -0.15) is 8.78 Å². The summed E-state index contributed by atoms with van der Waals surface area (Å²) in [6, 6.07) is 4.81. The molecule has 66 valence electrons. The first kappa shape index (κ1) is 9.40. The van der Waals surface area contributed by atoms with Crippen molar-refractivity contribution < 1.29 is 13.5 Å². The van der Waals surface area contributed by atoms with Crippen molar-refractivity contribution in [3.63, 3.8) is 0 Å². The first-order valence-corrected chi connectivity index (χ1v) is 3.98. The summed E-state index contributed by atoms with van der Waals surface area (Å²) >= 11 is 0. The lowest BCUT2D eigenvalue weighted by Crippen LogP contribution is -2.04. The van der Waals surface area contributed by atoms with Crippen LogP contribution in [0.5, 0.6) is 5.75 Å². The first-order chi connectivity index (χ1) is 5.59. The van der Waals surface area contributed by atoms with Crippen molar-refractivity contribution in [3.8, 4) is 5.75 Å². The molecule has 1 unspecified atom stereocenters. The van der Waals surface area contributed by atoms with E-state index in [1.165, 1.54) is 6.07 Å². The van der Waals surface area contributed by atoms with Gasteiger partial charge in [-0.1, -0.05) is 6.07 Å². The zero-order chi connectivity index (χ0) is 9.14. The molecule has 0 N–H and O–H groups in total. The lowest BCUT2D eigenvalue weighted by atomic mass is 10.2. The molecule has 0 heterocycles. The predicted octanol–water partition coefficient (Wildman–Crippen LogP) is 2.10. The minimum atomic E-state index is -2.75. The van der Waals surface area contributed by atoms with E-state index in [-0.39, 0.29) is 5.75 Å². The maximum absolute atomic E-state index is 11.7. The van der Waals surface area contributed by atoms with Crippen molar-refractivity contribution in [1.29, 1.82) is 0 Å². The Morgan fingerprint density at radius 2 is 2.08 bits per heavy atom. The lowest BCUT2D eigenvalue weighted by molar-refractivity contribution is -0.0498. The summed E-state index contributed by atoms with van der Waals surface area (Å²) in [7, 11) is 2.51. The fraction of sp³-hybridized carbons (Fsp3) is 0.250. The normalized spacial score (nSPS) is 10.4. The topological polar surface area (TPSA) is 9.23 Å². The maximum atomic E-state index is 11.7. The molecule has 1 aromatic rings. The summed E-state index contributed by atoms with van der Waals surface area (Å²) in [6.45, 7) is -0.916. The van der Waals surface area contributed by atoms with Crippen LogP contribution in [-0.2, 0) is 0 Å². The van der Waals surface area contributed by atoms with Crippen LogP contribution in [-0.4, -0.2) is 6.61 Å². The van der Waals surface area contributed by atoms with Crippen LogP contribution in [0, 0.1) is 6.92 Å². The van der Waals surface area contributed by atoms with Crippen LogP contribution in [0.4, 0.5) is 8.78 Å². The van der Waals surface area contributed by atoms with E-state index in [9.17, 15) is 8.78 Å². The molecule has 0 saturated heterocycles. The molecule has 1 atom stereocenters. The van der Waals surface area contributed by atoms with Crippen LogP contribution in [0.2, 0.25) is 0 Å². The minimum Gasteiger partial charge on any atom is -0.435 e. The van der Waals surface area contributed by atoms with Crippen LogP contribution in [0.15, 0.2) is 18.2 Å². The van der Waals surface area contributed by atoms with Gasteiger partial charge >= 0.3 is 6.61 Å². The highest BCUT2D eigenvalue weighted by atomic mass is 31.0. The lowest BCUT2D eigenvalue weighted by Gasteiger charge is -2.05. The van der Waals surface area contributed by atoms with E-state index in [1.54, 1.807) is 12.1 Å². The van der Waals surface area contributed by atoms with Gasteiger partial charge in [0.05, 0.1) is 0 Å². The summed E-state index contributed by atoms with van der Waals surface area (Å²) in [5, 5.41) is 0.983. The van der Waals surface area contributed by atoms with Gasteiger partial charge in [-0.05, 0) is 29.9 Å². The van der Waals surface area contributed by atoms with Crippen molar-refractivity contribution in [3.05, 3.63) is 23.8 Å². The molecular formula is C8H9F2OP. The molecule has 0 aliphatic rings. The average molecular weight is 190 g/mol. The second-order valence-electron chi connectivity index (χ2n) is 2.40. The monoisotopic (exact) mass is 190 g/mol. The van der Waals surface area contributed by atoms with Crippen LogP contribution >= 0.6 is 9.24 Å². The third kappa shape index (κ3) is 2.42. The zero-order valence-corrected chi connectivity index (χ0v) is 7.71. The number of hydrogen-bond donors (Lipinski definition) is 0. The molecule has 0 aliphatic carbocycles. The van der Waals surface area contributed by atoms with Crippen molar-refractivity contribution in [1.82, 2.24) is 0 Å². The molecule has 12 heavy (non-hydrogen) atoms. The Bertz CT molecular complexity index is 276. The Labute approximate surface area is 71.9 Å². The zero-order valence-electron chi connectivity index (χ0n) is 6.55. The molecule has 0 amide bonds. The van der Waals surface area contributed by atoms with Gasteiger partial charge < -0.3 is 4.74 Å². The van der Waals surface area contributed by atoms with Gasteiger partial charge in [0.2, 0.25) is 0 Å². The fourth-order valence-corrected chi connectivity index (χ4v) is 1.00. The van der Waals surface area contributed by atoms with E-state index >= 15 is 0 Å². The van der Waals surface area contributed by atoms with Gasteiger partial charge in [0.15, 0.2) is 0 Å². The molecule has 0 radical (unpaired) electrons. The van der Waals surface area contributed by atoms with E-state index in [1.807, 2.05) is 6.92 Å². The van der Waals surface area contributed by atoms with E-state index in [2.05, 4.69) is 14.0 Å². The number of hydrogen-bond acceptors (Lipinski definition) is 1. The van der Waals surface area contributed by atoms with Gasteiger partial charge in [-0.3, -0.25) is 0 Å². The van der Waals surface area contributed by atoms with Crippen molar-refractivity contribution in [2.75, 3.05) is 0 Å². The number of ether oxygens (including phenoxy) is 1. The van der Waals surface area contributed by atoms with Crippen molar-refractivity contribution >= 4 is 14.5 Å². The SMILES string of the molecule is Cc1cc(OC(F)F)ccc1P. The molecule has 1 rings (SSSR count). The van der Waals surface area contributed by atoms with Crippen molar-refractivity contribution in [2.45, 2.75) is 13.5 Å². The second kappa shape index (κ2) is 3.81. The molecule has 0 saturated carbocycles. The van der Waals surface area contributed by atoms with Crippen LogP contribution in [0.1, 0.15) is 5.56 Å². The Hall–Kier alpha value is -0.690. The molecule has 4 heteroatoms. The first-order valence-electron chi connectivity index (χ1n) is 3.40. The summed E-state index contributed by atoms with van der Waals surface area (Å²) in [5.41, 5.74) is 0.915. The molecule has 0 aliphatic heterocycles. The van der Waals surface area contributed by atoms with Gasteiger partial charge in [-0.15, -0.1) is 9.24 Å². The number of aryl methyl sites for hydroxylation is 1. The van der Waals surface area contributed by atoms with Gasteiger partial charge in [0.25, 0.3) is 0 Å². The third-order valence-corrected chi connectivity index (χ3v) is 2.11. The summed E-state index contributed by atoms with van der Waals surface area (Å²) in [6.07, 6.45) is 0. The molecule has 0 bridgehead atoms. The summed E-state index contributed by atoms with van der Waals surface area (Å²) < 4.78 is 27.7. The van der Waals surface area contributed by atoms with Gasteiger partial charge in [-0.25, -0.2) is 0 Å². The Morgan fingerprint density at radius 3 is 2.58 bits per heavy atom. The van der Waals surface area contributed by atoms with E-state index in [0.717, 1.165) is 10.9 Å². The number of alkyl halides is 2. The average Bonchev–Trinajstić information content (AvgIpc) is 1.96. The third-order valence-electron chi connectivity index (χ3n) is 1.47. The minimum absolute atomic E-state index is 0.203. The van der Waals surface area contributed by atoms with Gasteiger partial charge in [0, 0.05) is 0 Å². The van der Waals surface area contributed by atoms with Crippen molar-refractivity contribution in [2.24, 2.45) is 0 Å². The number of benzene rings is 1. The standard InChI is InChI=1S/C8H9F2OP/c1-5-4-6(11-8(9)10)2-3-7(5)12/h2-4,8H,12H2,1H3.